The number of hydrogen-bond acceptors (Lipinski definition) is 4. The summed E-state index contributed by atoms with van der Waals surface area (Å²) in [7, 11) is 0. The molecule has 76 valence electrons. The average molecular weight is 215 g/mol. The molecule has 0 heterocycles. The van der Waals surface area contributed by atoms with Crippen molar-refractivity contribution >= 4 is 23.3 Å². The van der Waals surface area contributed by atoms with Gasteiger partial charge in [-0.2, -0.15) is 0 Å². The lowest BCUT2D eigenvalue weighted by Crippen LogP contribution is -2.10. The summed E-state index contributed by atoms with van der Waals surface area (Å²) in [5.41, 5.74) is 3.20. The maximum atomic E-state index is 11.4. The van der Waals surface area contributed by atoms with E-state index in [0.29, 0.717) is 17.9 Å². The Bertz CT molecular complexity index is 342. The molecule has 0 aliphatic rings. The highest BCUT2D eigenvalue weighted by Crippen LogP contribution is 2.25. The van der Waals surface area contributed by atoms with E-state index < -0.39 is 5.97 Å². The Balaban J connectivity index is 3.03. The largest absolute Gasteiger partial charge is 0.462 e. The molecule has 1 aromatic carbocycles. The fraction of sp³-hybridized carbons (Fsp3) is 0.222. The van der Waals surface area contributed by atoms with Gasteiger partial charge in [0.2, 0.25) is 0 Å². The predicted octanol–water partition coefficient (Wildman–Crippen LogP) is 1.80. The fourth-order valence-electron chi connectivity index (χ4n) is 1.01. The number of ether oxygens (including phenoxy) is 1. The first-order valence-corrected chi connectivity index (χ1v) is 4.50. The molecule has 0 aliphatic heterocycles. The van der Waals surface area contributed by atoms with Crippen LogP contribution in [-0.2, 0) is 4.74 Å². The van der Waals surface area contributed by atoms with E-state index in [2.05, 4.69) is 5.43 Å². The van der Waals surface area contributed by atoms with Gasteiger partial charge in [0.15, 0.2) is 0 Å². The lowest BCUT2D eigenvalue weighted by Gasteiger charge is -2.07. The zero-order valence-electron chi connectivity index (χ0n) is 7.71. The zero-order valence-corrected chi connectivity index (χ0v) is 8.47. The van der Waals surface area contributed by atoms with Gasteiger partial charge >= 0.3 is 5.97 Å². The van der Waals surface area contributed by atoms with Crippen LogP contribution in [0.5, 0.6) is 0 Å². The van der Waals surface area contributed by atoms with Crippen molar-refractivity contribution < 1.29 is 9.53 Å². The van der Waals surface area contributed by atoms with E-state index in [4.69, 9.17) is 22.2 Å². The third kappa shape index (κ3) is 2.16. The maximum Gasteiger partial charge on any atom is 0.339 e. The summed E-state index contributed by atoms with van der Waals surface area (Å²) < 4.78 is 4.82. The predicted molar refractivity (Wildman–Crippen MR) is 55.2 cm³/mol. The lowest BCUT2D eigenvalue weighted by atomic mass is 10.2. The number of nitrogen functional groups attached to an aromatic ring is 1. The van der Waals surface area contributed by atoms with Crippen molar-refractivity contribution in [3.63, 3.8) is 0 Å². The van der Waals surface area contributed by atoms with E-state index in [9.17, 15) is 4.79 Å². The quantitative estimate of drug-likeness (QED) is 0.458. The molecule has 1 rings (SSSR count). The summed E-state index contributed by atoms with van der Waals surface area (Å²) in [6.07, 6.45) is 0. The highest BCUT2D eigenvalue weighted by Gasteiger charge is 2.13. The number of benzene rings is 1. The summed E-state index contributed by atoms with van der Waals surface area (Å²) in [6, 6.07) is 4.93. The van der Waals surface area contributed by atoms with Gasteiger partial charge in [-0.05, 0) is 19.1 Å². The topological polar surface area (TPSA) is 64.3 Å². The molecule has 0 aromatic heterocycles. The van der Waals surface area contributed by atoms with Gasteiger partial charge in [0.1, 0.15) is 0 Å². The van der Waals surface area contributed by atoms with Crippen molar-refractivity contribution in [2.24, 2.45) is 5.84 Å². The highest BCUT2D eigenvalue weighted by atomic mass is 35.5. The maximum absolute atomic E-state index is 11.4. The number of nitrogens with two attached hydrogens (primary N) is 1. The van der Waals surface area contributed by atoms with Gasteiger partial charge in [-0.3, -0.25) is 5.84 Å². The van der Waals surface area contributed by atoms with Gasteiger partial charge in [-0.25, -0.2) is 4.79 Å². The molecule has 1 aromatic rings. The second-order valence-corrected chi connectivity index (χ2v) is 2.91. The van der Waals surface area contributed by atoms with Crippen LogP contribution in [0.25, 0.3) is 0 Å². The number of nitrogens with one attached hydrogen (secondary N) is 1. The number of carbonyl (C=O) groups excluding carboxylic acids is 1. The third-order valence-corrected chi connectivity index (χ3v) is 2.06. The van der Waals surface area contributed by atoms with Gasteiger partial charge in [0.25, 0.3) is 0 Å². The normalized spacial score (nSPS) is 9.64. The summed E-state index contributed by atoms with van der Waals surface area (Å²) >= 11 is 5.90. The smallest absolute Gasteiger partial charge is 0.339 e. The van der Waals surface area contributed by atoms with Gasteiger partial charge in [0.05, 0.1) is 22.9 Å². The number of carbonyl (C=O) groups is 1. The number of halogens is 1. The first-order chi connectivity index (χ1) is 6.70. The Morgan fingerprint density at radius 3 is 2.93 bits per heavy atom. The van der Waals surface area contributed by atoms with E-state index in [1.165, 1.54) is 0 Å². The Kier molecular flexibility index (Phi) is 3.73. The van der Waals surface area contributed by atoms with E-state index >= 15 is 0 Å². The van der Waals surface area contributed by atoms with Crippen molar-refractivity contribution in [1.82, 2.24) is 0 Å². The van der Waals surface area contributed by atoms with Crippen molar-refractivity contribution in [3.05, 3.63) is 28.8 Å². The molecular formula is C9H11ClN2O2. The number of anilines is 1. The van der Waals surface area contributed by atoms with Gasteiger partial charge in [-0.1, -0.05) is 17.7 Å². The van der Waals surface area contributed by atoms with Crippen LogP contribution in [0.1, 0.15) is 17.3 Å². The van der Waals surface area contributed by atoms with Crippen molar-refractivity contribution in [2.75, 3.05) is 12.0 Å². The third-order valence-electron chi connectivity index (χ3n) is 1.65. The first kappa shape index (κ1) is 10.8. The minimum atomic E-state index is -0.449. The van der Waals surface area contributed by atoms with E-state index in [-0.39, 0.29) is 5.02 Å². The highest BCUT2D eigenvalue weighted by molar-refractivity contribution is 6.36. The van der Waals surface area contributed by atoms with E-state index in [0.717, 1.165) is 0 Å². The van der Waals surface area contributed by atoms with Gasteiger partial charge < -0.3 is 10.2 Å². The van der Waals surface area contributed by atoms with Crippen LogP contribution in [0.15, 0.2) is 18.2 Å². The standard InChI is InChI=1S/C9H11ClN2O2/c1-2-14-9(13)6-4-3-5-7(12-11)8(6)10/h3-5,12H,2,11H2,1H3. The molecule has 0 atom stereocenters. The first-order valence-electron chi connectivity index (χ1n) is 4.13. The van der Waals surface area contributed by atoms with Crippen molar-refractivity contribution in [1.29, 1.82) is 0 Å². The molecule has 0 radical (unpaired) electrons. The molecule has 0 saturated carbocycles. The van der Waals surface area contributed by atoms with Crippen LogP contribution in [0.3, 0.4) is 0 Å². The number of hydrogen-bond donors (Lipinski definition) is 2. The van der Waals surface area contributed by atoms with Crippen LogP contribution in [0.2, 0.25) is 5.02 Å². The second-order valence-electron chi connectivity index (χ2n) is 2.53. The number of esters is 1. The number of rotatable bonds is 3. The van der Waals surface area contributed by atoms with Crippen molar-refractivity contribution in [3.8, 4) is 0 Å². The van der Waals surface area contributed by atoms with E-state index in [1.807, 2.05) is 0 Å². The minimum absolute atomic E-state index is 0.272. The summed E-state index contributed by atoms with van der Waals surface area (Å²) in [6.45, 7) is 2.05. The Morgan fingerprint density at radius 1 is 1.64 bits per heavy atom. The fourth-order valence-corrected chi connectivity index (χ4v) is 1.27. The van der Waals surface area contributed by atoms with Crippen LogP contribution >= 0.6 is 11.6 Å². The van der Waals surface area contributed by atoms with Crippen molar-refractivity contribution in [2.45, 2.75) is 6.92 Å². The van der Waals surface area contributed by atoms with Crippen LogP contribution in [0, 0.1) is 0 Å². The molecular weight excluding hydrogens is 204 g/mol. The summed E-state index contributed by atoms with van der Waals surface area (Å²) in [5, 5.41) is 0.272. The van der Waals surface area contributed by atoms with Gasteiger partial charge in [0, 0.05) is 0 Å². The van der Waals surface area contributed by atoms with E-state index in [1.54, 1.807) is 25.1 Å². The molecule has 0 fully saturated rings. The molecule has 4 nitrogen and oxygen atoms in total. The minimum Gasteiger partial charge on any atom is -0.462 e. The van der Waals surface area contributed by atoms with Crippen LogP contribution < -0.4 is 11.3 Å². The van der Waals surface area contributed by atoms with Crippen LogP contribution in [0.4, 0.5) is 5.69 Å². The lowest BCUT2D eigenvalue weighted by molar-refractivity contribution is 0.0526. The Hall–Kier alpha value is -1.26. The molecule has 5 heteroatoms. The SMILES string of the molecule is CCOC(=O)c1cccc(NN)c1Cl. The van der Waals surface area contributed by atoms with Crippen LogP contribution in [-0.4, -0.2) is 12.6 Å². The Morgan fingerprint density at radius 2 is 2.36 bits per heavy atom. The molecule has 0 unspecified atom stereocenters. The zero-order chi connectivity index (χ0) is 10.6. The molecule has 0 aliphatic carbocycles. The molecule has 0 spiro atoms. The molecule has 0 bridgehead atoms. The Labute approximate surface area is 87.0 Å². The molecule has 3 N–H and O–H groups in total. The monoisotopic (exact) mass is 214 g/mol. The number of hydrazine groups is 1. The summed E-state index contributed by atoms with van der Waals surface area (Å²) in [5.74, 6) is 4.76. The average Bonchev–Trinajstić information content (AvgIpc) is 2.18. The molecule has 14 heavy (non-hydrogen) atoms. The molecule has 0 amide bonds. The second kappa shape index (κ2) is 4.83. The van der Waals surface area contributed by atoms with Gasteiger partial charge in [-0.15, -0.1) is 0 Å². The molecule has 0 saturated heterocycles. The summed E-state index contributed by atoms with van der Waals surface area (Å²) in [4.78, 5) is 11.4.